The van der Waals surface area contributed by atoms with Crippen molar-refractivity contribution in [1.82, 2.24) is 9.97 Å². The van der Waals surface area contributed by atoms with E-state index in [1.807, 2.05) is 36.4 Å². The van der Waals surface area contributed by atoms with Gasteiger partial charge >= 0.3 is 0 Å². The number of benzene rings is 3. The van der Waals surface area contributed by atoms with Gasteiger partial charge in [0.15, 0.2) is 11.6 Å². The Morgan fingerprint density at radius 1 is 0.889 bits per heavy atom. The molecule has 0 atom stereocenters. The third-order valence-electron chi connectivity index (χ3n) is 3.98. The van der Waals surface area contributed by atoms with E-state index in [0.717, 1.165) is 16.5 Å². The van der Waals surface area contributed by atoms with Crippen molar-refractivity contribution < 1.29 is 4.39 Å². The van der Waals surface area contributed by atoms with Gasteiger partial charge in [0.2, 0.25) is 0 Å². The number of hydrogen-bond acceptors (Lipinski definition) is 4. The molecule has 0 saturated heterocycles. The molecule has 0 spiro atoms. The number of halogens is 2. The molecule has 0 bridgehead atoms. The van der Waals surface area contributed by atoms with Gasteiger partial charge in [-0.15, -0.1) is 0 Å². The highest BCUT2D eigenvalue weighted by Gasteiger charge is 2.09. The van der Waals surface area contributed by atoms with Crippen molar-refractivity contribution in [3.05, 3.63) is 89.2 Å². The predicted octanol–water partition coefficient (Wildman–Crippen LogP) is 5.54. The topological polar surface area (TPSA) is 50.2 Å². The smallest absolute Gasteiger partial charge is 0.162 e. The van der Waals surface area contributed by atoms with Crippen LogP contribution < -0.4 is 5.43 Å². The van der Waals surface area contributed by atoms with Gasteiger partial charge in [-0.2, -0.15) is 5.10 Å². The van der Waals surface area contributed by atoms with E-state index in [-0.39, 0.29) is 5.82 Å². The molecule has 4 rings (SSSR count). The maximum Gasteiger partial charge on any atom is 0.162 e. The first-order valence-corrected chi connectivity index (χ1v) is 8.65. The Labute approximate surface area is 160 Å². The molecule has 0 aliphatic carbocycles. The summed E-state index contributed by atoms with van der Waals surface area (Å²) < 4.78 is 13.7. The zero-order valence-electron chi connectivity index (χ0n) is 14.1. The van der Waals surface area contributed by atoms with Crippen molar-refractivity contribution in [2.24, 2.45) is 5.10 Å². The normalized spacial score (nSPS) is 11.2. The maximum atomic E-state index is 13.7. The summed E-state index contributed by atoms with van der Waals surface area (Å²) in [7, 11) is 0. The van der Waals surface area contributed by atoms with Crippen molar-refractivity contribution in [3.8, 4) is 11.4 Å². The van der Waals surface area contributed by atoms with E-state index < -0.39 is 0 Å². The van der Waals surface area contributed by atoms with Gasteiger partial charge in [-0.3, -0.25) is 5.43 Å². The van der Waals surface area contributed by atoms with Crippen LogP contribution in [0.25, 0.3) is 22.3 Å². The van der Waals surface area contributed by atoms with Crippen LogP contribution in [0.1, 0.15) is 5.56 Å². The van der Waals surface area contributed by atoms with Gasteiger partial charge in [-0.05, 0) is 42.5 Å². The van der Waals surface area contributed by atoms with Gasteiger partial charge < -0.3 is 0 Å². The summed E-state index contributed by atoms with van der Waals surface area (Å²) in [5.41, 5.74) is 4.92. The molecule has 0 fully saturated rings. The fourth-order valence-corrected chi connectivity index (χ4v) is 2.76. The summed E-state index contributed by atoms with van der Waals surface area (Å²) in [5.74, 6) is 0.754. The second-order valence-corrected chi connectivity index (χ2v) is 6.25. The van der Waals surface area contributed by atoms with Crippen molar-refractivity contribution in [1.29, 1.82) is 0 Å². The van der Waals surface area contributed by atoms with Crippen molar-refractivity contribution in [3.63, 3.8) is 0 Å². The molecule has 0 amide bonds. The number of nitrogens with zero attached hydrogens (tertiary/aromatic N) is 3. The third kappa shape index (κ3) is 3.78. The Morgan fingerprint density at radius 3 is 2.44 bits per heavy atom. The first-order chi connectivity index (χ1) is 13.2. The highest BCUT2D eigenvalue weighted by atomic mass is 35.5. The number of aromatic nitrogens is 2. The lowest BCUT2D eigenvalue weighted by Crippen LogP contribution is -1.99. The Kier molecular flexibility index (Phi) is 4.77. The molecule has 1 heterocycles. The van der Waals surface area contributed by atoms with Gasteiger partial charge in [-0.1, -0.05) is 41.9 Å². The lowest BCUT2D eigenvalue weighted by molar-refractivity contribution is 0.626. The number of rotatable bonds is 4. The van der Waals surface area contributed by atoms with E-state index in [1.165, 1.54) is 12.3 Å². The van der Waals surface area contributed by atoms with Crippen molar-refractivity contribution in [2.75, 3.05) is 5.43 Å². The second-order valence-electron chi connectivity index (χ2n) is 5.81. The van der Waals surface area contributed by atoms with Crippen LogP contribution in [0.5, 0.6) is 0 Å². The minimum Gasteiger partial charge on any atom is -0.261 e. The lowest BCUT2D eigenvalue weighted by Gasteiger charge is -2.08. The van der Waals surface area contributed by atoms with Gasteiger partial charge in [0.1, 0.15) is 5.82 Å². The predicted molar refractivity (Wildman–Crippen MR) is 108 cm³/mol. The molecule has 4 nitrogen and oxygen atoms in total. The molecule has 0 aliphatic heterocycles. The standard InChI is InChI=1S/C21H14ClFN4/c22-16-11-9-14(10-12-16)20-25-19-8-4-2-6-17(19)21(26-20)27-24-13-15-5-1-3-7-18(15)23/h1-13H,(H,25,26,27)/b24-13-. The summed E-state index contributed by atoms with van der Waals surface area (Å²) >= 11 is 5.96. The monoisotopic (exact) mass is 376 g/mol. The van der Waals surface area contributed by atoms with Crippen LogP contribution >= 0.6 is 11.6 Å². The van der Waals surface area contributed by atoms with Gasteiger partial charge in [0, 0.05) is 21.5 Å². The number of anilines is 1. The average Bonchev–Trinajstić information content (AvgIpc) is 2.70. The summed E-state index contributed by atoms with van der Waals surface area (Å²) in [5, 5.41) is 5.61. The second kappa shape index (κ2) is 7.51. The Morgan fingerprint density at radius 2 is 1.63 bits per heavy atom. The zero-order chi connectivity index (χ0) is 18.6. The van der Waals surface area contributed by atoms with Crippen LogP contribution in [0, 0.1) is 5.82 Å². The first-order valence-electron chi connectivity index (χ1n) is 8.27. The Balaban J connectivity index is 1.72. The average molecular weight is 377 g/mol. The highest BCUT2D eigenvalue weighted by Crippen LogP contribution is 2.25. The summed E-state index contributed by atoms with van der Waals surface area (Å²) in [6, 6.07) is 21.4. The van der Waals surface area contributed by atoms with Crippen molar-refractivity contribution in [2.45, 2.75) is 0 Å². The molecule has 3 aromatic carbocycles. The number of hydrogen-bond donors (Lipinski definition) is 1. The third-order valence-corrected chi connectivity index (χ3v) is 4.24. The Bertz CT molecular complexity index is 1130. The van der Waals surface area contributed by atoms with E-state index in [4.69, 9.17) is 11.6 Å². The molecule has 4 aromatic rings. The van der Waals surface area contributed by atoms with Gasteiger partial charge in [0.05, 0.1) is 11.7 Å². The van der Waals surface area contributed by atoms with E-state index in [0.29, 0.717) is 22.2 Å². The van der Waals surface area contributed by atoms with E-state index in [2.05, 4.69) is 20.5 Å². The van der Waals surface area contributed by atoms with Crippen LogP contribution in [-0.2, 0) is 0 Å². The zero-order valence-corrected chi connectivity index (χ0v) is 14.9. The summed E-state index contributed by atoms with van der Waals surface area (Å²) in [6.07, 6.45) is 1.42. The molecule has 0 radical (unpaired) electrons. The number of para-hydroxylation sites is 1. The molecule has 0 unspecified atom stereocenters. The number of nitrogens with one attached hydrogen (secondary N) is 1. The first kappa shape index (κ1) is 17.1. The molecular formula is C21H14ClFN4. The fraction of sp³-hybridized carbons (Fsp3) is 0. The van der Waals surface area contributed by atoms with E-state index in [1.54, 1.807) is 30.3 Å². The largest absolute Gasteiger partial charge is 0.261 e. The fourth-order valence-electron chi connectivity index (χ4n) is 2.63. The molecule has 1 aromatic heterocycles. The maximum absolute atomic E-state index is 13.7. The van der Waals surface area contributed by atoms with Crippen LogP contribution in [0.3, 0.4) is 0 Å². The quantitative estimate of drug-likeness (QED) is 0.376. The van der Waals surface area contributed by atoms with Crippen LogP contribution in [-0.4, -0.2) is 16.2 Å². The van der Waals surface area contributed by atoms with Gasteiger partial charge in [-0.25, -0.2) is 14.4 Å². The number of fused-ring (bicyclic) bond motifs is 1. The van der Waals surface area contributed by atoms with Crippen LogP contribution in [0.15, 0.2) is 77.9 Å². The lowest BCUT2D eigenvalue weighted by atomic mass is 10.2. The summed E-state index contributed by atoms with van der Waals surface area (Å²) in [4.78, 5) is 9.19. The van der Waals surface area contributed by atoms with Crippen LogP contribution in [0.4, 0.5) is 10.2 Å². The van der Waals surface area contributed by atoms with E-state index >= 15 is 0 Å². The molecule has 0 saturated carbocycles. The molecule has 132 valence electrons. The molecular weight excluding hydrogens is 363 g/mol. The molecule has 0 aliphatic rings. The highest BCUT2D eigenvalue weighted by molar-refractivity contribution is 6.30. The van der Waals surface area contributed by atoms with Crippen molar-refractivity contribution >= 4 is 34.5 Å². The minimum atomic E-state index is -0.336. The SMILES string of the molecule is Fc1ccccc1/C=N\Nc1nc(-c2ccc(Cl)cc2)nc2ccccc12. The van der Waals surface area contributed by atoms with Gasteiger partial charge in [0.25, 0.3) is 0 Å². The van der Waals surface area contributed by atoms with E-state index in [9.17, 15) is 4.39 Å². The molecule has 27 heavy (non-hydrogen) atoms. The van der Waals surface area contributed by atoms with Crippen LogP contribution in [0.2, 0.25) is 5.02 Å². The minimum absolute atomic E-state index is 0.336. The summed E-state index contributed by atoms with van der Waals surface area (Å²) in [6.45, 7) is 0. The number of hydrazone groups is 1. The molecule has 6 heteroatoms. The Hall–Kier alpha value is -3.31. The molecule has 1 N–H and O–H groups in total.